The first-order valence-electron chi connectivity index (χ1n) is 7.51. The van der Waals surface area contributed by atoms with Crippen molar-refractivity contribution in [1.29, 1.82) is 0 Å². The Morgan fingerprint density at radius 3 is 2.64 bits per heavy atom. The first-order valence-corrected chi connectivity index (χ1v) is 8.97. The molecule has 0 aromatic carbocycles. The zero-order valence-electron chi connectivity index (χ0n) is 14.0. The van der Waals surface area contributed by atoms with Gasteiger partial charge in [-0.2, -0.15) is 4.57 Å². The molecule has 1 aromatic heterocycles. The van der Waals surface area contributed by atoms with E-state index in [1.165, 1.54) is 29.1 Å². The molecule has 1 aliphatic rings. The molecule has 0 saturated carbocycles. The lowest BCUT2D eigenvalue weighted by Crippen LogP contribution is -2.46. The van der Waals surface area contributed by atoms with E-state index in [1.807, 2.05) is 0 Å². The van der Waals surface area contributed by atoms with E-state index in [1.54, 1.807) is 13.8 Å². The zero-order chi connectivity index (χ0) is 18.8. The molecule has 1 aromatic rings. The minimum atomic E-state index is -3.99. The van der Waals surface area contributed by atoms with Crippen molar-refractivity contribution in [2.45, 2.75) is 44.7 Å². The predicted molar refractivity (Wildman–Crippen MR) is 83.0 cm³/mol. The van der Waals surface area contributed by atoms with Crippen LogP contribution in [0.1, 0.15) is 30.4 Å². The van der Waals surface area contributed by atoms with Gasteiger partial charge in [-0.1, -0.05) is 0 Å². The van der Waals surface area contributed by atoms with Gasteiger partial charge in [-0.3, -0.25) is 23.1 Å². The Labute approximate surface area is 144 Å². The van der Waals surface area contributed by atoms with Crippen molar-refractivity contribution >= 4 is 13.7 Å². The quantitative estimate of drug-likeness (QED) is 0.440. The molecule has 2 heterocycles. The highest BCUT2D eigenvalue weighted by atomic mass is 31.2. The number of rotatable bonds is 7. The fourth-order valence-electron chi connectivity index (χ4n) is 2.26. The molecule has 0 aliphatic carbocycles. The van der Waals surface area contributed by atoms with Crippen LogP contribution in [0.4, 0.5) is 0 Å². The van der Waals surface area contributed by atoms with Gasteiger partial charge >= 0.3 is 7.82 Å². The maximum absolute atomic E-state index is 12.4. The summed E-state index contributed by atoms with van der Waals surface area (Å²) in [5, 5.41) is 20.3. The van der Waals surface area contributed by atoms with Crippen molar-refractivity contribution in [2.75, 3.05) is 7.11 Å². The van der Waals surface area contributed by atoms with Crippen LogP contribution in [0.25, 0.3) is 0 Å². The third-order valence-corrected chi connectivity index (χ3v) is 4.98. The summed E-state index contributed by atoms with van der Waals surface area (Å²) in [4.78, 5) is 11.3. The molecule has 2 rings (SSSR count). The number of ether oxygens (including phenoxy) is 1. The molecule has 25 heavy (non-hydrogen) atoms. The third kappa shape index (κ3) is 4.62. The van der Waals surface area contributed by atoms with E-state index in [4.69, 9.17) is 24.0 Å². The number of hydrogen-bond acceptors (Lipinski definition) is 8. The van der Waals surface area contributed by atoms with Crippen LogP contribution in [0.15, 0.2) is 24.5 Å². The topological polar surface area (TPSA) is 141 Å². The van der Waals surface area contributed by atoms with Crippen LogP contribution in [0.5, 0.6) is 0 Å². The smallest absolute Gasteiger partial charge is 0.385 e. The highest BCUT2D eigenvalue weighted by molar-refractivity contribution is 7.48. The number of phosphoric ester groups is 1. The van der Waals surface area contributed by atoms with Crippen LogP contribution in [0, 0.1) is 0 Å². The van der Waals surface area contributed by atoms with Gasteiger partial charge in [-0.15, -0.1) is 0 Å². The van der Waals surface area contributed by atoms with Crippen molar-refractivity contribution in [2.24, 2.45) is 5.73 Å². The minimum Gasteiger partial charge on any atom is -0.385 e. The highest BCUT2D eigenvalue weighted by Gasteiger charge is 2.52. The molecule has 0 bridgehead atoms. The molecular weight excluding hydrogens is 355 g/mol. The molecule has 1 aliphatic heterocycles. The number of primary amides is 1. The second kappa shape index (κ2) is 7.88. The summed E-state index contributed by atoms with van der Waals surface area (Å²) < 4.78 is 34.2. The number of amides is 1. The summed E-state index contributed by atoms with van der Waals surface area (Å²) in [6, 6.07) is 3.01. The molecule has 1 fully saturated rings. The molecule has 11 heteroatoms. The van der Waals surface area contributed by atoms with E-state index in [-0.39, 0.29) is 5.56 Å². The molecule has 140 valence electrons. The van der Waals surface area contributed by atoms with Gasteiger partial charge in [0, 0.05) is 13.2 Å². The summed E-state index contributed by atoms with van der Waals surface area (Å²) in [5.41, 5.74) is 5.40. The molecule has 1 saturated heterocycles. The average molecular weight is 377 g/mol. The van der Waals surface area contributed by atoms with Crippen LogP contribution < -0.4 is 10.3 Å². The SMILES string of the molecule is COP(=O)(OC(C)C)O[C@H]1O[C@@H]([n+]2cccc(C(N)=O)c2)[C@H](O)[C@@H]1O. The highest BCUT2D eigenvalue weighted by Crippen LogP contribution is 2.52. The average Bonchev–Trinajstić information content (AvgIpc) is 2.82. The van der Waals surface area contributed by atoms with Crippen molar-refractivity contribution in [3.63, 3.8) is 0 Å². The zero-order valence-corrected chi connectivity index (χ0v) is 14.9. The number of carbonyl (C=O) groups is 1. The Balaban J connectivity index is 2.19. The molecule has 5 atom stereocenters. The normalized spacial score (nSPS) is 28.9. The number of aromatic nitrogens is 1. The van der Waals surface area contributed by atoms with Crippen LogP contribution in [0.2, 0.25) is 0 Å². The number of phosphoric acid groups is 1. The van der Waals surface area contributed by atoms with Gasteiger partial charge in [-0.05, 0) is 19.9 Å². The number of carbonyl (C=O) groups excluding carboxylic acids is 1. The Kier molecular flexibility index (Phi) is 6.28. The van der Waals surface area contributed by atoms with E-state index in [2.05, 4.69) is 0 Å². The van der Waals surface area contributed by atoms with Gasteiger partial charge in [0.05, 0.1) is 6.10 Å². The maximum Gasteiger partial charge on any atom is 0.477 e. The van der Waals surface area contributed by atoms with Gasteiger partial charge in [0.2, 0.25) is 6.29 Å². The Morgan fingerprint density at radius 1 is 1.40 bits per heavy atom. The molecule has 0 radical (unpaired) electrons. The van der Waals surface area contributed by atoms with Gasteiger partial charge in [0.15, 0.2) is 18.5 Å². The van der Waals surface area contributed by atoms with Crippen molar-refractivity contribution < 1.29 is 42.4 Å². The van der Waals surface area contributed by atoms with Gasteiger partial charge in [0.1, 0.15) is 11.7 Å². The third-order valence-electron chi connectivity index (χ3n) is 3.39. The minimum absolute atomic E-state index is 0.183. The van der Waals surface area contributed by atoms with Crippen LogP contribution >= 0.6 is 7.82 Å². The van der Waals surface area contributed by atoms with Crippen molar-refractivity contribution in [3.05, 3.63) is 30.1 Å². The second-order valence-electron chi connectivity index (χ2n) is 5.67. The predicted octanol–water partition coefficient (Wildman–Crippen LogP) is -0.154. The number of hydrogen-bond donors (Lipinski definition) is 3. The van der Waals surface area contributed by atoms with Gasteiger partial charge in [-0.25, -0.2) is 4.57 Å². The standard InChI is InChI=1S/C14H21N2O8P/c1-8(2)23-25(20,21-3)24-14-11(18)10(17)13(22-14)16-6-4-5-9(7-16)12(15)19/h4-8,10-11,13-14,17-18H,1-3H3,(H-,15,19)/p+1/t10-,11+,13-,14-,25?/m1/s1. The molecule has 1 amide bonds. The lowest BCUT2D eigenvalue weighted by molar-refractivity contribution is -0.767. The largest absolute Gasteiger partial charge is 0.477 e. The fourth-order valence-corrected chi connectivity index (χ4v) is 3.42. The first-order chi connectivity index (χ1) is 11.7. The monoisotopic (exact) mass is 377 g/mol. The van der Waals surface area contributed by atoms with Crippen molar-refractivity contribution in [3.8, 4) is 0 Å². The lowest BCUT2D eigenvalue weighted by atomic mass is 10.2. The molecular formula is C14H22N2O8P+. The first kappa shape index (κ1) is 19.9. The maximum atomic E-state index is 12.4. The Hall–Kier alpha value is -1.39. The molecule has 1 unspecified atom stereocenters. The van der Waals surface area contributed by atoms with Crippen molar-refractivity contribution in [1.82, 2.24) is 0 Å². The summed E-state index contributed by atoms with van der Waals surface area (Å²) >= 11 is 0. The summed E-state index contributed by atoms with van der Waals surface area (Å²) in [6.07, 6.45) is -3.09. The molecule has 0 spiro atoms. The second-order valence-corrected chi connectivity index (χ2v) is 7.35. The van der Waals surface area contributed by atoms with E-state index < -0.39 is 44.6 Å². The number of nitrogens with zero attached hydrogens (tertiary/aromatic N) is 1. The number of aliphatic hydroxyl groups is 2. The number of aliphatic hydroxyl groups excluding tert-OH is 2. The van der Waals surface area contributed by atoms with E-state index >= 15 is 0 Å². The van der Waals surface area contributed by atoms with E-state index in [9.17, 15) is 19.6 Å². The van der Waals surface area contributed by atoms with Crippen LogP contribution in [0.3, 0.4) is 0 Å². The number of pyridine rings is 1. The van der Waals surface area contributed by atoms with E-state index in [0.29, 0.717) is 0 Å². The van der Waals surface area contributed by atoms with Gasteiger partial charge < -0.3 is 15.9 Å². The van der Waals surface area contributed by atoms with E-state index in [0.717, 1.165) is 7.11 Å². The Morgan fingerprint density at radius 2 is 2.08 bits per heavy atom. The van der Waals surface area contributed by atoms with Crippen LogP contribution in [-0.4, -0.2) is 47.8 Å². The number of nitrogens with two attached hydrogens (primary N) is 1. The van der Waals surface area contributed by atoms with Gasteiger partial charge in [0.25, 0.3) is 12.1 Å². The lowest BCUT2D eigenvalue weighted by Gasteiger charge is -2.22. The van der Waals surface area contributed by atoms with Crippen LogP contribution in [-0.2, 0) is 22.9 Å². The summed E-state index contributed by atoms with van der Waals surface area (Å²) in [7, 11) is -2.86. The molecule has 10 nitrogen and oxygen atoms in total. The Bertz CT molecular complexity index is 670. The summed E-state index contributed by atoms with van der Waals surface area (Å²) in [5.74, 6) is -0.663. The molecule has 4 N–H and O–H groups in total. The summed E-state index contributed by atoms with van der Waals surface area (Å²) in [6.45, 7) is 3.26. The fraction of sp³-hybridized carbons (Fsp3) is 0.571.